The van der Waals surface area contributed by atoms with E-state index >= 15 is 0 Å². The van der Waals surface area contributed by atoms with Gasteiger partial charge in [-0.3, -0.25) is 9.59 Å². The molecule has 21 heavy (non-hydrogen) atoms. The lowest BCUT2D eigenvalue weighted by Gasteiger charge is -2.20. The van der Waals surface area contributed by atoms with Crippen molar-refractivity contribution < 1.29 is 23.5 Å². The number of nitrogens with one attached hydrogen (secondary N) is 1. The van der Waals surface area contributed by atoms with Crippen molar-refractivity contribution in [3.63, 3.8) is 0 Å². The number of hydrogen-bond donors (Lipinski definition) is 2. The van der Waals surface area contributed by atoms with Gasteiger partial charge in [0, 0.05) is 12.1 Å². The molecule has 0 fully saturated rings. The van der Waals surface area contributed by atoms with E-state index in [1.165, 1.54) is 13.0 Å². The topological polar surface area (TPSA) is 66.4 Å². The van der Waals surface area contributed by atoms with Gasteiger partial charge in [0.1, 0.15) is 11.6 Å². The molecule has 4 nitrogen and oxygen atoms in total. The van der Waals surface area contributed by atoms with Crippen molar-refractivity contribution in [3.05, 3.63) is 35.4 Å². The molecule has 0 heterocycles. The average molecular weight is 299 g/mol. The van der Waals surface area contributed by atoms with Gasteiger partial charge in [-0.2, -0.15) is 0 Å². The van der Waals surface area contributed by atoms with E-state index in [4.69, 9.17) is 5.11 Å². The third kappa shape index (κ3) is 4.24. The third-order valence-electron chi connectivity index (χ3n) is 3.45. The van der Waals surface area contributed by atoms with E-state index in [9.17, 15) is 18.4 Å². The minimum Gasteiger partial charge on any atom is -0.481 e. The fourth-order valence-corrected chi connectivity index (χ4v) is 1.81. The van der Waals surface area contributed by atoms with Gasteiger partial charge in [0.25, 0.3) is 0 Å². The number of carboxylic acid groups (broad SMARTS) is 1. The minimum atomic E-state index is -0.987. The quantitative estimate of drug-likeness (QED) is 0.848. The molecule has 6 heteroatoms. The van der Waals surface area contributed by atoms with Gasteiger partial charge in [0.05, 0.1) is 11.3 Å². The third-order valence-corrected chi connectivity index (χ3v) is 3.45. The summed E-state index contributed by atoms with van der Waals surface area (Å²) >= 11 is 0. The first-order chi connectivity index (χ1) is 9.66. The summed E-state index contributed by atoms with van der Waals surface area (Å²) in [5.74, 6) is -4.05. The van der Waals surface area contributed by atoms with Crippen molar-refractivity contribution in [2.45, 2.75) is 33.1 Å². The van der Waals surface area contributed by atoms with Crippen LogP contribution in [-0.4, -0.2) is 23.5 Å². The number of carboxylic acids is 1. The molecule has 0 aliphatic rings. The molecule has 0 aliphatic heterocycles. The lowest BCUT2D eigenvalue weighted by molar-refractivity contribution is -0.147. The Morgan fingerprint density at radius 3 is 2.29 bits per heavy atom. The van der Waals surface area contributed by atoms with Crippen molar-refractivity contribution in [2.75, 3.05) is 6.54 Å². The molecule has 2 N–H and O–H groups in total. The Balaban J connectivity index is 2.66. The number of aliphatic carboxylic acids is 1. The maximum Gasteiger partial charge on any atom is 0.309 e. The zero-order valence-corrected chi connectivity index (χ0v) is 12.2. The van der Waals surface area contributed by atoms with Crippen LogP contribution in [0.4, 0.5) is 8.78 Å². The normalized spacial score (nSPS) is 12.8. The molecule has 0 saturated heterocycles. The Morgan fingerprint density at radius 2 is 1.81 bits per heavy atom. The zero-order chi connectivity index (χ0) is 16.2. The monoisotopic (exact) mass is 299 g/mol. The minimum absolute atomic E-state index is 0.124. The van der Waals surface area contributed by atoms with Crippen molar-refractivity contribution in [1.29, 1.82) is 0 Å². The Morgan fingerprint density at radius 1 is 1.29 bits per heavy atom. The van der Waals surface area contributed by atoms with E-state index < -0.39 is 34.8 Å². The summed E-state index contributed by atoms with van der Waals surface area (Å²) in [6.45, 7) is 4.61. The maximum absolute atomic E-state index is 13.6. The molecule has 1 atom stereocenters. The predicted octanol–water partition coefficient (Wildman–Crippen LogP) is 2.69. The summed E-state index contributed by atoms with van der Waals surface area (Å²) in [6, 6.07) is 3.42. The van der Waals surface area contributed by atoms with Crippen molar-refractivity contribution in [1.82, 2.24) is 5.32 Å². The largest absolute Gasteiger partial charge is 0.481 e. The van der Waals surface area contributed by atoms with Crippen LogP contribution in [0.15, 0.2) is 18.2 Å². The zero-order valence-electron chi connectivity index (χ0n) is 12.2. The molecule has 1 aromatic carbocycles. The molecule has 0 aliphatic carbocycles. The van der Waals surface area contributed by atoms with Gasteiger partial charge in [0.2, 0.25) is 5.91 Å². The second-order valence-corrected chi connectivity index (χ2v) is 5.59. The number of benzene rings is 1. The van der Waals surface area contributed by atoms with E-state index in [-0.39, 0.29) is 18.5 Å². The van der Waals surface area contributed by atoms with Crippen molar-refractivity contribution >= 4 is 11.9 Å². The van der Waals surface area contributed by atoms with Crippen LogP contribution < -0.4 is 5.32 Å². The van der Waals surface area contributed by atoms with E-state index in [1.807, 2.05) is 0 Å². The molecule has 0 radical (unpaired) electrons. The Kier molecular flexibility index (Phi) is 5.41. The molecular weight excluding hydrogens is 280 g/mol. The van der Waals surface area contributed by atoms with Crippen molar-refractivity contribution in [3.8, 4) is 0 Å². The van der Waals surface area contributed by atoms with Crippen LogP contribution in [0, 0.1) is 17.0 Å². The molecule has 116 valence electrons. The molecule has 0 saturated carbocycles. The lowest BCUT2D eigenvalue weighted by Crippen LogP contribution is -2.34. The van der Waals surface area contributed by atoms with Crippen LogP contribution in [-0.2, 0) is 9.59 Å². The van der Waals surface area contributed by atoms with Gasteiger partial charge in [-0.25, -0.2) is 8.78 Å². The SMILES string of the molecule is CC(C(=O)NCCC(C)(C)C(=O)O)c1c(F)cccc1F. The molecule has 1 aromatic rings. The summed E-state index contributed by atoms with van der Waals surface area (Å²) < 4.78 is 27.2. The number of carbonyl (C=O) groups excluding carboxylic acids is 1. The summed E-state index contributed by atoms with van der Waals surface area (Å²) in [4.78, 5) is 22.8. The van der Waals surface area contributed by atoms with Crippen LogP contribution in [0.25, 0.3) is 0 Å². The average Bonchev–Trinajstić information content (AvgIpc) is 2.37. The van der Waals surface area contributed by atoms with Gasteiger partial charge < -0.3 is 10.4 Å². The highest BCUT2D eigenvalue weighted by molar-refractivity contribution is 5.83. The van der Waals surface area contributed by atoms with E-state index in [0.29, 0.717) is 0 Å². The fourth-order valence-electron chi connectivity index (χ4n) is 1.81. The van der Waals surface area contributed by atoms with E-state index in [1.54, 1.807) is 13.8 Å². The molecule has 1 rings (SSSR count). The second kappa shape index (κ2) is 6.65. The van der Waals surface area contributed by atoms with Crippen molar-refractivity contribution in [2.24, 2.45) is 5.41 Å². The standard InChI is InChI=1S/C15H19F2NO3/c1-9(12-10(16)5-4-6-11(12)17)13(19)18-8-7-15(2,3)14(20)21/h4-6,9H,7-8H2,1-3H3,(H,18,19)(H,20,21). The van der Waals surface area contributed by atoms with Crippen LogP contribution >= 0.6 is 0 Å². The highest BCUT2D eigenvalue weighted by atomic mass is 19.1. The Bertz CT molecular complexity index is 523. The summed E-state index contributed by atoms with van der Waals surface area (Å²) in [5.41, 5.74) is -1.26. The van der Waals surface area contributed by atoms with Crippen LogP contribution in [0.3, 0.4) is 0 Å². The number of hydrogen-bond acceptors (Lipinski definition) is 2. The first-order valence-electron chi connectivity index (χ1n) is 6.62. The van der Waals surface area contributed by atoms with Gasteiger partial charge in [-0.05, 0) is 39.3 Å². The highest BCUT2D eigenvalue weighted by Crippen LogP contribution is 2.23. The summed E-state index contributed by atoms with van der Waals surface area (Å²) in [5, 5.41) is 11.5. The second-order valence-electron chi connectivity index (χ2n) is 5.59. The molecule has 0 aromatic heterocycles. The number of halogens is 2. The number of rotatable bonds is 6. The molecule has 0 bridgehead atoms. The summed E-state index contributed by atoms with van der Waals surface area (Å²) in [7, 11) is 0. The maximum atomic E-state index is 13.6. The van der Waals surface area contributed by atoms with Crippen LogP contribution in [0.5, 0.6) is 0 Å². The lowest BCUT2D eigenvalue weighted by atomic mass is 9.89. The number of carbonyl (C=O) groups is 2. The first-order valence-corrected chi connectivity index (χ1v) is 6.62. The number of amides is 1. The smallest absolute Gasteiger partial charge is 0.309 e. The van der Waals surface area contributed by atoms with E-state index in [2.05, 4.69) is 5.32 Å². The first kappa shape index (κ1) is 17.1. The highest BCUT2D eigenvalue weighted by Gasteiger charge is 2.27. The molecule has 1 unspecified atom stereocenters. The van der Waals surface area contributed by atoms with Gasteiger partial charge >= 0.3 is 5.97 Å². The Labute approximate surface area is 122 Å². The fraction of sp³-hybridized carbons (Fsp3) is 0.467. The van der Waals surface area contributed by atoms with Crippen LogP contribution in [0.1, 0.15) is 38.7 Å². The molecule has 1 amide bonds. The summed E-state index contributed by atoms with van der Waals surface area (Å²) in [6.07, 6.45) is 0.223. The van der Waals surface area contributed by atoms with Crippen LogP contribution in [0.2, 0.25) is 0 Å². The molecule has 0 spiro atoms. The Hall–Kier alpha value is -1.98. The van der Waals surface area contributed by atoms with E-state index in [0.717, 1.165) is 12.1 Å². The predicted molar refractivity (Wildman–Crippen MR) is 73.8 cm³/mol. The van der Waals surface area contributed by atoms with Gasteiger partial charge in [-0.1, -0.05) is 6.07 Å². The van der Waals surface area contributed by atoms with Gasteiger partial charge in [0.15, 0.2) is 0 Å². The molecular formula is C15H19F2NO3. The van der Waals surface area contributed by atoms with Gasteiger partial charge in [-0.15, -0.1) is 0 Å².